The molecule has 12 heavy (non-hydrogen) atoms. The Bertz CT molecular complexity index is 303. The molecule has 1 aromatic heterocycles. The number of halogens is 5. The van der Waals surface area contributed by atoms with Crippen LogP contribution in [0.15, 0.2) is 6.07 Å². The summed E-state index contributed by atoms with van der Waals surface area (Å²) in [5.41, 5.74) is -0.639. The molecule has 0 N–H and O–H groups in total. The lowest BCUT2D eigenvalue weighted by atomic mass is 10.3. The molecule has 0 bridgehead atoms. The normalized spacial score (nSPS) is 10.8. The van der Waals surface area contributed by atoms with E-state index in [1.807, 2.05) is 22.6 Å². The third-order valence-corrected chi connectivity index (χ3v) is 3.83. The van der Waals surface area contributed by atoms with Gasteiger partial charge < -0.3 is 0 Å². The van der Waals surface area contributed by atoms with Crippen LogP contribution in [-0.2, 0) is 0 Å². The minimum Gasteiger partial charge on any atom is -0.212 e. The van der Waals surface area contributed by atoms with Crippen LogP contribution in [0.5, 0.6) is 0 Å². The van der Waals surface area contributed by atoms with Crippen molar-refractivity contribution in [2.24, 2.45) is 0 Å². The SMILES string of the molecule is Fc1nc(I)c(I)cc1C(F)F. The number of hydrogen-bond donors (Lipinski definition) is 0. The van der Waals surface area contributed by atoms with E-state index < -0.39 is 17.9 Å². The van der Waals surface area contributed by atoms with Gasteiger partial charge in [-0.05, 0) is 51.2 Å². The lowest BCUT2D eigenvalue weighted by Gasteiger charge is -2.02. The first-order valence-corrected chi connectivity index (χ1v) is 4.97. The van der Waals surface area contributed by atoms with E-state index in [1.165, 1.54) is 0 Å². The first-order valence-electron chi connectivity index (χ1n) is 2.82. The molecule has 0 aliphatic heterocycles. The van der Waals surface area contributed by atoms with Gasteiger partial charge in [-0.15, -0.1) is 0 Å². The van der Waals surface area contributed by atoms with Gasteiger partial charge in [0.2, 0.25) is 5.95 Å². The van der Waals surface area contributed by atoms with Gasteiger partial charge in [-0.25, -0.2) is 13.8 Å². The maximum atomic E-state index is 12.7. The van der Waals surface area contributed by atoms with E-state index in [0.29, 0.717) is 7.27 Å². The van der Waals surface area contributed by atoms with E-state index in [-0.39, 0.29) is 0 Å². The minimum absolute atomic E-state index is 0.398. The van der Waals surface area contributed by atoms with Crippen LogP contribution in [-0.4, -0.2) is 4.98 Å². The van der Waals surface area contributed by atoms with Crippen molar-refractivity contribution in [3.05, 3.63) is 24.8 Å². The van der Waals surface area contributed by atoms with Crippen LogP contribution in [0.25, 0.3) is 0 Å². The van der Waals surface area contributed by atoms with Crippen LogP contribution in [0.2, 0.25) is 0 Å². The number of alkyl halides is 2. The van der Waals surface area contributed by atoms with Gasteiger partial charge in [-0.3, -0.25) is 0 Å². The second-order valence-corrected chi connectivity index (χ2v) is 4.13. The Balaban J connectivity index is 3.23. The molecule has 0 fully saturated rings. The molecule has 1 nitrogen and oxygen atoms in total. The Kier molecular flexibility index (Phi) is 3.56. The third kappa shape index (κ3) is 2.21. The fraction of sp³-hybridized carbons (Fsp3) is 0.167. The van der Waals surface area contributed by atoms with Crippen molar-refractivity contribution in [2.75, 3.05) is 0 Å². The molecule has 0 saturated carbocycles. The van der Waals surface area contributed by atoms with E-state index >= 15 is 0 Å². The Labute approximate surface area is 94.0 Å². The van der Waals surface area contributed by atoms with Crippen molar-refractivity contribution < 1.29 is 13.2 Å². The van der Waals surface area contributed by atoms with Crippen molar-refractivity contribution in [3.8, 4) is 0 Å². The Morgan fingerprint density at radius 2 is 1.92 bits per heavy atom. The zero-order chi connectivity index (χ0) is 9.30. The number of pyridine rings is 1. The maximum absolute atomic E-state index is 12.7. The maximum Gasteiger partial charge on any atom is 0.268 e. The van der Waals surface area contributed by atoms with Crippen LogP contribution in [0.3, 0.4) is 0 Å². The van der Waals surface area contributed by atoms with Crippen molar-refractivity contribution in [1.82, 2.24) is 4.98 Å². The molecule has 0 saturated heterocycles. The van der Waals surface area contributed by atoms with Crippen LogP contribution < -0.4 is 0 Å². The van der Waals surface area contributed by atoms with Gasteiger partial charge in [-0.2, -0.15) is 4.39 Å². The highest BCUT2D eigenvalue weighted by Gasteiger charge is 2.16. The van der Waals surface area contributed by atoms with Gasteiger partial charge in [0.25, 0.3) is 6.43 Å². The van der Waals surface area contributed by atoms with Crippen molar-refractivity contribution in [2.45, 2.75) is 6.43 Å². The molecule has 66 valence electrons. The van der Waals surface area contributed by atoms with Gasteiger partial charge in [0.15, 0.2) is 0 Å². The van der Waals surface area contributed by atoms with E-state index in [9.17, 15) is 13.2 Å². The van der Waals surface area contributed by atoms with Crippen LogP contribution in [0.4, 0.5) is 13.2 Å². The molecule has 0 amide bonds. The molecule has 0 spiro atoms. The van der Waals surface area contributed by atoms with Crippen LogP contribution in [0, 0.1) is 13.2 Å². The Morgan fingerprint density at radius 1 is 1.33 bits per heavy atom. The van der Waals surface area contributed by atoms with Crippen LogP contribution >= 0.6 is 45.2 Å². The second kappa shape index (κ2) is 4.07. The summed E-state index contributed by atoms with van der Waals surface area (Å²) in [5, 5.41) is 0. The van der Waals surface area contributed by atoms with Crippen molar-refractivity contribution in [1.29, 1.82) is 0 Å². The van der Waals surface area contributed by atoms with E-state index in [4.69, 9.17) is 0 Å². The summed E-state index contributed by atoms with van der Waals surface area (Å²) < 4.78 is 37.7. The summed E-state index contributed by atoms with van der Waals surface area (Å²) >= 11 is 3.62. The molecule has 1 rings (SSSR count). The highest BCUT2D eigenvalue weighted by atomic mass is 127. The second-order valence-electron chi connectivity index (χ2n) is 1.94. The van der Waals surface area contributed by atoms with E-state index in [1.54, 1.807) is 22.6 Å². The number of hydrogen-bond acceptors (Lipinski definition) is 1. The largest absolute Gasteiger partial charge is 0.268 e. The smallest absolute Gasteiger partial charge is 0.212 e. The van der Waals surface area contributed by atoms with Gasteiger partial charge in [0.1, 0.15) is 3.70 Å². The molecular formula is C6H2F3I2N. The number of aromatic nitrogens is 1. The van der Waals surface area contributed by atoms with Crippen LogP contribution in [0.1, 0.15) is 12.0 Å². The summed E-state index contributed by atoms with van der Waals surface area (Å²) in [6, 6.07) is 1.11. The fourth-order valence-electron chi connectivity index (χ4n) is 0.613. The molecule has 6 heteroatoms. The molecule has 0 atom stereocenters. The monoisotopic (exact) mass is 399 g/mol. The predicted octanol–water partition coefficient (Wildman–Crippen LogP) is 3.37. The minimum atomic E-state index is -2.80. The van der Waals surface area contributed by atoms with Gasteiger partial charge in [0, 0.05) is 3.57 Å². The molecule has 0 aliphatic carbocycles. The Hall–Kier alpha value is 0.400. The Morgan fingerprint density at radius 3 is 2.42 bits per heavy atom. The average molecular weight is 399 g/mol. The van der Waals surface area contributed by atoms with Gasteiger partial charge in [0.05, 0.1) is 5.56 Å². The van der Waals surface area contributed by atoms with Crippen molar-refractivity contribution in [3.63, 3.8) is 0 Å². The standard InChI is InChI=1S/C6H2F3I2N/c7-4(8)2-1-3(10)6(11)12-5(2)9/h1,4H. The fourth-order valence-corrected chi connectivity index (χ4v) is 1.44. The summed E-state index contributed by atoms with van der Waals surface area (Å²) in [5.74, 6) is -1.09. The summed E-state index contributed by atoms with van der Waals surface area (Å²) in [7, 11) is 0. The lowest BCUT2D eigenvalue weighted by Crippen LogP contribution is -1.98. The highest BCUT2D eigenvalue weighted by molar-refractivity contribution is 14.1. The van der Waals surface area contributed by atoms with Crippen molar-refractivity contribution >= 4 is 45.2 Å². The van der Waals surface area contributed by atoms with E-state index in [2.05, 4.69) is 4.98 Å². The molecular weight excluding hydrogens is 397 g/mol. The topological polar surface area (TPSA) is 12.9 Å². The first kappa shape index (κ1) is 10.5. The first-order chi connectivity index (χ1) is 5.52. The molecule has 1 heterocycles. The number of nitrogens with zero attached hydrogens (tertiary/aromatic N) is 1. The quantitative estimate of drug-likeness (QED) is 0.522. The average Bonchev–Trinajstić information content (AvgIpc) is 1.96. The van der Waals surface area contributed by atoms with E-state index in [0.717, 1.165) is 6.07 Å². The highest BCUT2D eigenvalue weighted by Crippen LogP contribution is 2.24. The third-order valence-electron chi connectivity index (χ3n) is 1.15. The number of rotatable bonds is 1. The molecule has 0 unspecified atom stereocenters. The molecule has 0 radical (unpaired) electrons. The summed E-state index contributed by atoms with van der Waals surface area (Å²) in [6.45, 7) is 0. The summed E-state index contributed by atoms with van der Waals surface area (Å²) in [4.78, 5) is 3.33. The zero-order valence-electron chi connectivity index (χ0n) is 5.49. The molecule has 0 aromatic carbocycles. The zero-order valence-corrected chi connectivity index (χ0v) is 9.81. The van der Waals surface area contributed by atoms with Gasteiger partial charge in [-0.1, -0.05) is 0 Å². The predicted molar refractivity (Wildman–Crippen MR) is 54.6 cm³/mol. The molecule has 1 aromatic rings. The lowest BCUT2D eigenvalue weighted by molar-refractivity contribution is 0.145. The molecule has 0 aliphatic rings. The summed E-state index contributed by atoms with van der Waals surface area (Å²) in [6.07, 6.45) is -2.80. The van der Waals surface area contributed by atoms with Gasteiger partial charge >= 0.3 is 0 Å².